The van der Waals surface area contributed by atoms with Crippen molar-refractivity contribution in [2.45, 2.75) is 13.0 Å². The van der Waals surface area contributed by atoms with Gasteiger partial charge in [-0.2, -0.15) is 4.98 Å². The summed E-state index contributed by atoms with van der Waals surface area (Å²) in [6, 6.07) is 14.2. The van der Waals surface area contributed by atoms with E-state index in [-0.39, 0.29) is 0 Å². The average molecular weight is 305 g/mol. The molecule has 2 N–H and O–H groups in total. The van der Waals surface area contributed by atoms with Crippen LogP contribution in [-0.4, -0.2) is 23.1 Å². The van der Waals surface area contributed by atoms with Crippen molar-refractivity contribution in [2.24, 2.45) is 0 Å². The Morgan fingerprint density at radius 2 is 2.00 bits per heavy atom. The van der Waals surface area contributed by atoms with Gasteiger partial charge in [-0.1, -0.05) is 36.4 Å². The Hall–Kier alpha value is -2.59. The quantitative estimate of drug-likeness (QED) is 0.775. The lowest BCUT2D eigenvalue weighted by Crippen LogP contribution is -2.19. The molecule has 0 amide bonds. The monoisotopic (exact) mass is 305 g/mol. The first-order chi connectivity index (χ1) is 11.4. The number of nitrogens with zero attached hydrogens (tertiary/aromatic N) is 1. The summed E-state index contributed by atoms with van der Waals surface area (Å²) in [5.41, 5.74) is 4.66. The predicted octanol–water partition coefficient (Wildman–Crippen LogP) is 3.52. The van der Waals surface area contributed by atoms with Gasteiger partial charge >= 0.3 is 0 Å². The van der Waals surface area contributed by atoms with Crippen LogP contribution in [0, 0.1) is 0 Å². The van der Waals surface area contributed by atoms with Crippen molar-refractivity contribution < 1.29 is 4.74 Å². The molecule has 0 aliphatic carbocycles. The molecule has 4 rings (SSSR count). The summed E-state index contributed by atoms with van der Waals surface area (Å²) in [4.78, 5) is 7.86. The lowest BCUT2D eigenvalue weighted by molar-refractivity contribution is 0.295. The zero-order chi connectivity index (χ0) is 15.5. The minimum atomic E-state index is 0.531. The molecule has 1 aliphatic heterocycles. The summed E-state index contributed by atoms with van der Waals surface area (Å²) in [6.07, 6.45) is 5.36. The van der Waals surface area contributed by atoms with Crippen LogP contribution in [0.2, 0.25) is 0 Å². The van der Waals surface area contributed by atoms with Gasteiger partial charge in [-0.25, -0.2) is 0 Å². The Bertz CT molecular complexity index is 836. The number of ether oxygens (including phenoxy) is 1. The fraction of sp³-hybridized carbons (Fsp3) is 0.211. The van der Waals surface area contributed by atoms with Crippen LogP contribution in [-0.2, 0) is 6.61 Å². The van der Waals surface area contributed by atoms with Gasteiger partial charge < -0.3 is 15.0 Å². The highest BCUT2D eigenvalue weighted by atomic mass is 16.5. The maximum Gasteiger partial charge on any atom is 0.215 e. The van der Waals surface area contributed by atoms with Gasteiger partial charge in [-0.15, -0.1) is 0 Å². The molecule has 0 saturated heterocycles. The first-order valence-corrected chi connectivity index (χ1v) is 7.95. The van der Waals surface area contributed by atoms with Crippen molar-refractivity contribution in [2.75, 3.05) is 13.1 Å². The predicted molar refractivity (Wildman–Crippen MR) is 92.3 cm³/mol. The Morgan fingerprint density at radius 3 is 2.83 bits per heavy atom. The van der Waals surface area contributed by atoms with E-state index in [1.165, 1.54) is 11.1 Å². The average Bonchev–Trinajstić information content (AvgIpc) is 3.05. The van der Waals surface area contributed by atoms with Crippen molar-refractivity contribution in [1.29, 1.82) is 0 Å². The number of nitrogens with one attached hydrogen (secondary N) is 2. The first-order valence-electron chi connectivity index (χ1n) is 7.95. The molecule has 0 bridgehead atoms. The van der Waals surface area contributed by atoms with Crippen LogP contribution in [0.1, 0.15) is 17.5 Å². The number of fused-ring (bicyclic) bond motifs is 1. The van der Waals surface area contributed by atoms with Crippen molar-refractivity contribution in [3.05, 3.63) is 65.9 Å². The van der Waals surface area contributed by atoms with E-state index in [1.807, 2.05) is 24.3 Å². The molecule has 2 aromatic heterocycles. The van der Waals surface area contributed by atoms with Crippen LogP contribution in [0.15, 0.2) is 54.7 Å². The highest BCUT2D eigenvalue weighted by Gasteiger charge is 2.12. The van der Waals surface area contributed by atoms with E-state index in [4.69, 9.17) is 4.74 Å². The highest BCUT2D eigenvalue weighted by Crippen LogP contribution is 2.28. The van der Waals surface area contributed by atoms with Gasteiger partial charge in [0.2, 0.25) is 5.88 Å². The van der Waals surface area contributed by atoms with Gasteiger partial charge in [0.25, 0.3) is 0 Å². The molecule has 3 aromatic rings. The Morgan fingerprint density at radius 1 is 1.09 bits per heavy atom. The molecule has 0 radical (unpaired) electrons. The minimum absolute atomic E-state index is 0.531. The topological polar surface area (TPSA) is 49.9 Å². The lowest BCUT2D eigenvalue weighted by Gasteiger charge is -2.13. The molecule has 0 fully saturated rings. The van der Waals surface area contributed by atoms with Gasteiger partial charge in [0.1, 0.15) is 12.3 Å². The SMILES string of the molecule is C1=C(c2c[nH]c3nc(OCc4ccccc4)ccc23)CCNC1. The molecule has 0 unspecified atom stereocenters. The van der Waals surface area contributed by atoms with Crippen LogP contribution in [0.25, 0.3) is 16.6 Å². The standard InChI is InChI=1S/C19H19N3O/c1-2-4-14(5-3-1)13-23-18-7-6-16-17(12-21-19(16)22-18)15-8-10-20-11-9-15/h1-8,12,20H,9-11,13H2,(H,21,22). The summed E-state index contributed by atoms with van der Waals surface area (Å²) in [6.45, 7) is 2.50. The van der Waals surface area contributed by atoms with Crippen LogP contribution in [0.4, 0.5) is 0 Å². The van der Waals surface area contributed by atoms with Gasteiger partial charge in [-0.05, 0) is 30.2 Å². The molecule has 1 aromatic carbocycles. The number of aromatic nitrogens is 2. The zero-order valence-corrected chi connectivity index (χ0v) is 12.9. The van der Waals surface area contributed by atoms with Crippen LogP contribution in [0.3, 0.4) is 0 Å². The lowest BCUT2D eigenvalue weighted by atomic mass is 10.0. The molecule has 0 atom stereocenters. The van der Waals surface area contributed by atoms with Gasteiger partial charge in [0.15, 0.2) is 0 Å². The summed E-state index contributed by atoms with van der Waals surface area (Å²) in [7, 11) is 0. The number of hydrogen-bond donors (Lipinski definition) is 2. The van der Waals surface area contributed by atoms with E-state index in [0.29, 0.717) is 12.5 Å². The van der Waals surface area contributed by atoms with E-state index in [1.54, 1.807) is 0 Å². The second-order valence-corrected chi connectivity index (χ2v) is 5.71. The summed E-state index contributed by atoms with van der Waals surface area (Å²) < 4.78 is 5.80. The molecule has 116 valence electrons. The van der Waals surface area contributed by atoms with Crippen molar-refractivity contribution in [3.63, 3.8) is 0 Å². The summed E-state index contributed by atoms with van der Waals surface area (Å²) >= 11 is 0. The van der Waals surface area contributed by atoms with E-state index in [9.17, 15) is 0 Å². The van der Waals surface area contributed by atoms with E-state index in [0.717, 1.165) is 36.1 Å². The molecule has 0 saturated carbocycles. The fourth-order valence-electron chi connectivity index (χ4n) is 2.93. The molecule has 4 heteroatoms. The smallest absolute Gasteiger partial charge is 0.215 e. The zero-order valence-electron chi connectivity index (χ0n) is 12.9. The summed E-state index contributed by atoms with van der Waals surface area (Å²) in [5.74, 6) is 0.647. The van der Waals surface area contributed by atoms with E-state index in [2.05, 4.69) is 45.8 Å². The maximum atomic E-state index is 5.80. The Balaban J connectivity index is 1.56. The third-order valence-corrected chi connectivity index (χ3v) is 4.15. The fourth-order valence-corrected chi connectivity index (χ4v) is 2.93. The molecule has 0 spiro atoms. The maximum absolute atomic E-state index is 5.80. The number of pyridine rings is 1. The second-order valence-electron chi connectivity index (χ2n) is 5.71. The van der Waals surface area contributed by atoms with Crippen molar-refractivity contribution in [1.82, 2.24) is 15.3 Å². The minimum Gasteiger partial charge on any atom is -0.473 e. The number of hydrogen-bond acceptors (Lipinski definition) is 3. The molecular weight excluding hydrogens is 286 g/mol. The molecule has 1 aliphatic rings. The van der Waals surface area contributed by atoms with Crippen molar-refractivity contribution in [3.8, 4) is 5.88 Å². The normalized spacial score (nSPS) is 14.7. The van der Waals surface area contributed by atoms with Gasteiger partial charge in [0.05, 0.1) is 0 Å². The Labute approximate surface area is 135 Å². The van der Waals surface area contributed by atoms with Crippen molar-refractivity contribution >= 4 is 16.6 Å². The van der Waals surface area contributed by atoms with Crippen LogP contribution in [0.5, 0.6) is 5.88 Å². The number of H-pyrrole nitrogens is 1. The number of benzene rings is 1. The van der Waals surface area contributed by atoms with Crippen LogP contribution < -0.4 is 10.1 Å². The van der Waals surface area contributed by atoms with E-state index < -0.39 is 0 Å². The number of aromatic amines is 1. The van der Waals surface area contributed by atoms with E-state index >= 15 is 0 Å². The van der Waals surface area contributed by atoms with Gasteiger partial charge in [-0.3, -0.25) is 0 Å². The summed E-state index contributed by atoms with van der Waals surface area (Å²) in [5, 5.41) is 4.50. The third-order valence-electron chi connectivity index (χ3n) is 4.15. The largest absolute Gasteiger partial charge is 0.473 e. The highest BCUT2D eigenvalue weighted by molar-refractivity contribution is 5.91. The molecular formula is C19H19N3O. The second kappa shape index (κ2) is 6.26. The van der Waals surface area contributed by atoms with Gasteiger partial charge in [0, 0.05) is 29.8 Å². The molecule has 3 heterocycles. The third kappa shape index (κ3) is 2.98. The number of rotatable bonds is 4. The van der Waals surface area contributed by atoms with Crippen LogP contribution >= 0.6 is 0 Å². The first kappa shape index (κ1) is 14.0. The molecule has 23 heavy (non-hydrogen) atoms. The molecule has 4 nitrogen and oxygen atoms in total. The Kier molecular flexibility index (Phi) is 3.82.